The van der Waals surface area contributed by atoms with E-state index in [0.717, 1.165) is 13.0 Å². The molecule has 1 aromatic heterocycles. The van der Waals surface area contributed by atoms with Gasteiger partial charge in [0.05, 0.1) is 5.84 Å². The summed E-state index contributed by atoms with van der Waals surface area (Å²) < 4.78 is 0. The molecule has 0 fully saturated rings. The molecule has 12 heavy (non-hydrogen) atoms. The summed E-state index contributed by atoms with van der Waals surface area (Å²) in [5.41, 5.74) is 1.29. The van der Waals surface area contributed by atoms with Crippen LogP contribution in [0, 0.1) is 5.41 Å². The summed E-state index contributed by atoms with van der Waals surface area (Å²) in [5.74, 6) is 0.696. The fourth-order valence-corrected chi connectivity index (χ4v) is 1.68. The Bertz CT molecular complexity index is 241. The highest BCUT2D eigenvalue weighted by Gasteiger charge is 2.02. The summed E-state index contributed by atoms with van der Waals surface area (Å²) in [5, 5.41) is 11.8. The highest BCUT2D eigenvalue weighted by Crippen LogP contribution is 2.08. The minimum Gasteiger partial charge on any atom is -0.359 e. The summed E-state index contributed by atoms with van der Waals surface area (Å²) in [6.45, 7) is 2.86. The van der Waals surface area contributed by atoms with Gasteiger partial charge in [0.1, 0.15) is 0 Å². The maximum atomic E-state index is 7.58. The Kier molecular flexibility index (Phi) is 3.29. The molecule has 0 aliphatic rings. The van der Waals surface area contributed by atoms with E-state index < -0.39 is 0 Å². The predicted molar refractivity (Wildman–Crippen MR) is 53.8 cm³/mol. The highest BCUT2D eigenvalue weighted by molar-refractivity contribution is 7.07. The van der Waals surface area contributed by atoms with Gasteiger partial charge in [-0.1, -0.05) is 6.92 Å². The van der Waals surface area contributed by atoms with Crippen molar-refractivity contribution in [3.05, 3.63) is 22.4 Å². The molecule has 0 aromatic carbocycles. The van der Waals surface area contributed by atoms with Crippen LogP contribution in [0.1, 0.15) is 18.9 Å². The molecule has 0 saturated heterocycles. The van der Waals surface area contributed by atoms with Crippen molar-refractivity contribution in [1.82, 2.24) is 4.90 Å². The van der Waals surface area contributed by atoms with Crippen molar-refractivity contribution in [3.63, 3.8) is 0 Å². The van der Waals surface area contributed by atoms with Crippen LogP contribution in [-0.4, -0.2) is 17.8 Å². The molecule has 1 aromatic rings. The van der Waals surface area contributed by atoms with Gasteiger partial charge >= 0.3 is 0 Å². The Labute approximate surface area is 77.3 Å². The molecule has 0 unspecified atom stereocenters. The zero-order valence-electron chi connectivity index (χ0n) is 7.50. The standard InChI is InChI=1S/C9H14N2S/c1-3-9(10)11(2)6-8-4-5-12-7-8/h4-5,7,10H,3,6H2,1-2H3. The van der Waals surface area contributed by atoms with E-state index in [4.69, 9.17) is 5.41 Å². The lowest BCUT2D eigenvalue weighted by atomic mass is 10.3. The normalized spacial score (nSPS) is 9.83. The third kappa shape index (κ3) is 2.34. The second-order valence-corrected chi connectivity index (χ2v) is 3.57. The van der Waals surface area contributed by atoms with Crippen molar-refractivity contribution < 1.29 is 0 Å². The summed E-state index contributed by atoms with van der Waals surface area (Å²) in [6, 6.07) is 2.10. The van der Waals surface area contributed by atoms with Crippen LogP contribution in [0.5, 0.6) is 0 Å². The molecule has 0 atom stereocenters. The minimum atomic E-state index is 0.696. The van der Waals surface area contributed by atoms with Crippen LogP contribution in [0.4, 0.5) is 0 Å². The molecular formula is C9H14N2S. The molecule has 0 aliphatic carbocycles. The Hall–Kier alpha value is -0.830. The van der Waals surface area contributed by atoms with Crippen LogP contribution in [0.15, 0.2) is 16.8 Å². The SMILES string of the molecule is CCC(=N)N(C)Cc1ccsc1. The fraction of sp³-hybridized carbons (Fsp3) is 0.444. The van der Waals surface area contributed by atoms with Gasteiger partial charge in [0.2, 0.25) is 0 Å². The monoisotopic (exact) mass is 182 g/mol. The number of thiophene rings is 1. The van der Waals surface area contributed by atoms with Crippen molar-refractivity contribution in [1.29, 1.82) is 5.41 Å². The van der Waals surface area contributed by atoms with Crippen molar-refractivity contribution >= 4 is 17.2 Å². The number of amidine groups is 1. The molecule has 3 heteroatoms. The van der Waals surface area contributed by atoms with Gasteiger partial charge < -0.3 is 4.90 Å². The molecule has 1 heterocycles. The first kappa shape index (κ1) is 9.26. The van der Waals surface area contributed by atoms with E-state index in [1.807, 2.05) is 18.9 Å². The van der Waals surface area contributed by atoms with Crippen molar-refractivity contribution in [3.8, 4) is 0 Å². The van der Waals surface area contributed by atoms with Gasteiger partial charge in [0.15, 0.2) is 0 Å². The van der Waals surface area contributed by atoms with E-state index >= 15 is 0 Å². The molecule has 1 rings (SSSR count). The molecular weight excluding hydrogens is 168 g/mol. The lowest BCUT2D eigenvalue weighted by Crippen LogP contribution is -2.24. The Morgan fingerprint density at radius 2 is 2.42 bits per heavy atom. The van der Waals surface area contributed by atoms with Gasteiger partial charge in [-0.25, -0.2) is 0 Å². The van der Waals surface area contributed by atoms with Crippen molar-refractivity contribution in [2.75, 3.05) is 7.05 Å². The molecule has 0 saturated carbocycles. The van der Waals surface area contributed by atoms with E-state index in [1.54, 1.807) is 11.3 Å². The summed E-state index contributed by atoms with van der Waals surface area (Å²) in [7, 11) is 1.96. The van der Waals surface area contributed by atoms with E-state index in [9.17, 15) is 0 Å². The third-order valence-electron chi connectivity index (χ3n) is 1.80. The predicted octanol–water partition coefficient (Wildman–Crippen LogP) is 2.57. The molecule has 66 valence electrons. The third-order valence-corrected chi connectivity index (χ3v) is 2.53. The second-order valence-electron chi connectivity index (χ2n) is 2.79. The topological polar surface area (TPSA) is 27.1 Å². The van der Waals surface area contributed by atoms with E-state index in [2.05, 4.69) is 16.8 Å². The molecule has 0 radical (unpaired) electrons. The smallest absolute Gasteiger partial charge is 0.0955 e. The number of nitrogens with one attached hydrogen (secondary N) is 1. The maximum absolute atomic E-state index is 7.58. The summed E-state index contributed by atoms with van der Waals surface area (Å²) in [4.78, 5) is 1.97. The lowest BCUT2D eigenvalue weighted by Gasteiger charge is -2.17. The number of hydrogen-bond donors (Lipinski definition) is 1. The maximum Gasteiger partial charge on any atom is 0.0955 e. The largest absolute Gasteiger partial charge is 0.359 e. The first-order valence-electron chi connectivity index (χ1n) is 4.03. The minimum absolute atomic E-state index is 0.696. The fourth-order valence-electron chi connectivity index (χ4n) is 1.02. The number of hydrogen-bond acceptors (Lipinski definition) is 2. The zero-order chi connectivity index (χ0) is 8.97. The molecule has 0 spiro atoms. The molecule has 0 amide bonds. The quantitative estimate of drug-likeness (QED) is 0.564. The lowest BCUT2D eigenvalue weighted by molar-refractivity contribution is 0.488. The zero-order valence-corrected chi connectivity index (χ0v) is 8.32. The van der Waals surface area contributed by atoms with Gasteiger partial charge in [-0.3, -0.25) is 5.41 Å². The van der Waals surface area contributed by atoms with Gasteiger partial charge in [0, 0.05) is 20.0 Å². The summed E-state index contributed by atoms with van der Waals surface area (Å²) >= 11 is 1.70. The van der Waals surface area contributed by atoms with Crippen LogP contribution in [0.25, 0.3) is 0 Å². The van der Waals surface area contributed by atoms with E-state index in [-0.39, 0.29) is 0 Å². The first-order valence-corrected chi connectivity index (χ1v) is 4.98. The Morgan fingerprint density at radius 3 is 2.92 bits per heavy atom. The van der Waals surface area contributed by atoms with Crippen LogP contribution >= 0.6 is 11.3 Å². The van der Waals surface area contributed by atoms with Crippen LogP contribution in [0.3, 0.4) is 0 Å². The van der Waals surface area contributed by atoms with Gasteiger partial charge in [-0.2, -0.15) is 11.3 Å². The Morgan fingerprint density at radius 1 is 1.67 bits per heavy atom. The van der Waals surface area contributed by atoms with Gasteiger partial charge in [-0.05, 0) is 22.4 Å². The second kappa shape index (κ2) is 4.26. The van der Waals surface area contributed by atoms with Crippen LogP contribution in [0.2, 0.25) is 0 Å². The first-order chi connectivity index (χ1) is 5.74. The number of rotatable bonds is 3. The van der Waals surface area contributed by atoms with Crippen LogP contribution < -0.4 is 0 Å². The average Bonchev–Trinajstić information content (AvgIpc) is 2.55. The molecule has 2 nitrogen and oxygen atoms in total. The van der Waals surface area contributed by atoms with E-state index in [0.29, 0.717) is 5.84 Å². The number of nitrogens with zero attached hydrogens (tertiary/aromatic N) is 1. The van der Waals surface area contributed by atoms with Crippen molar-refractivity contribution in [2.45, 2.75) is 19.9 Å². The van der Waals surface area contributed by atoms with Crippen LogP contribution in [-0.2, 0) is 6.54 Å². The molecule has 0 bridgehead atoms. The van der Waals surface area contributed by atoms with E-state index in [1.165, 1.54) is 5.56 Å². The van der Waals surface area contributed by atoms with Gasteiger partial charge in [0.25, 0.3) is 0 Å². The average molecular weight is 182 g/mol. The summed E-state index contributed by atoms with van der Waals surface area (Å²) in [6.07, 6.45) is 0.806. The van der Waals surface area contributed by atoms with Gasteiger partial charge in [-0.15, -0.1) is 0 Å². The highest BCUT2D eigenvalue weighted by atomic mass is 32.1. The van der Waals surface area contributed by atoms with Crippen molar-refractivity contribution in [2.24, 2.45) is 0 Å². The molecule has 1 N–H and O–H groups in total. The molecule has 0 aliphatic heterocycles. The Balaban J connectivity index is 2.47.